The van der Waals surface area contributed by atoms with Crippen molar-refractivity contribution in [2.45, 2.75) is 13.8 Å². The molecule has 2 aromatic carbocycles. The van der Waals surface area contributed by atoms with E-state index in [1.807, 2.05) is 38.1 Å². The van der Waals surface area contributed by atoms with Crippen molar-refractivity contribution >= 4 is 28.7 Å². The number of nitrogens with one attached hydrogen (secondary N) is 1. The van der Waals surface area contributed by atoms with Crippen LogP contribution < -0.4 is 20.5 Å². The first-order valence-corrected chi connectivity index (χ1v) is 7.06. The van der Waals surface area contributed by atoms with Gasteiger partial charge < -0.3 is 20.5 Å². The van der Waals surface area contributed by atoms with Gasteiger partial charge in [-0.1, -0.05) is 11.6 Å². The van der Waals surface area contributed by atoms with Gasteiger partial charge in [-0.25, -0.2) is 0 Å². The van der Waals surface area contributed by atoms with Gasteiger partial charge in [0.1, 0.15) is 11.5 Å². The number of nitrogens with two attached hydrogens (primary N) is 1. The number of halogens is 1. The Labute approximate surface area is 129 Å². The van der Waals surface area contributed by atoms with Gasteiger partial charge in [0.15, 0.2) is 0 Å². The molecule has 3 N–H and O–H groups in total. The lowest BCUT2D eigenvalue weighted by atomic mass is 10.2. The summed E-state index contributed by atoms with van der Waals surface area (Å²) in [5.41, 5.74) is 9.17. The first kappa shape index (κ1) is 15.3. The molecular weight excluding hydrogens is 288 g/mol. The lowest BCUT2D eigenvalue weighted by molar-refractivity contribution is 0.342. The maximum Gasteiger partial charge on any atom is 0.144 e. The number of aryl methyl sites for hydroxylation is 1. The normalized spacial score (nSPS) is 10.3. The van der Waals surface area contributed by atoms with Gasteiger partial charge in [-0.05, 0) is 37.6 Å². The second-order valence-corrected chi connectivity index (χ2v) is 5.02. The van der Waals surface area contributed by atoms with E-state index in [1.165, 1.54) is 0 Å². The van der Waals surface area contributed by atoms with Crippen molar-refractivity contribution in [3.05, 3.63) is 40.9 Å². The van der Waals surface area contributed by atoms with Crippen LogP contribution in [0.5, 0.6) is 11.5 Å². The minimum absolute atomic E-state index is 0.566. The molecule has 0 aliphatic heterocycles. The third-order valence-corrected chi connectivity index (χ3v) is 3.48. The van der Waals surface area contributed by atoms with Crippen LogP contribution in [0.15, 0.2) is 30.3 Å². The first-order valence-electron chi connectivity index (χ1n) is 6.68. The summed E-state index contributed by atoms with van der Waals surface area (Å²) < 4.78 is 10.8. The van der Waals surface area contributed by atoms with Crippen LogP contribution in [0.1, 0.15) is 12.5 Å². The van der Waals surface area contributed by atoms with Crippen LogP contribution in [0.2, 0.25) is 5.02 Å². The Kier molecular flexibility index (Phi) is 4.81. The van der Waals surface area contributed by atoms with Crippen LogP contribution in [0, 0.1) is 6.92 Å². The first-order chi connectivity index (χ1) is 10.0. The van der Waals surface area contributed by atoms with Crippen molar-refractivity contribution in [1.82, 2.24) is 0 Å². The largest absolute Gasteiger partial charge is 0.495 e. The van der Waals surface area contributed by atoms with Gasteiger partial charge in [0.25, 0.3) is 0 Å². The van der Waals surface area contributed by atoms with Gasteiger partial charge in [0, 0.05) is 22.8 Å². The Balaban J connectivity index is 2.33. The van der Waals surface area contributed by atoms with Gasteiger partial charge in [0.05, 0.1) is 25.1 Å². The number of methoxy groups -OCH3 is 1. The molecule has 0 amide bonds. The Bertz CT molecular complexity index is 644. The summed E-state index contributed by atoms with van der Waals surface area (Å²) >= 11 is 6.11. The smallest absolute Gasteiger partial charge is 0.144 e. The fraction of sp³-hybridized carbons (Fsp3) is 0.250. The number of hydrogen-bond acceptors (Lipinski definition) is 4. The third kappa shape index (κ3) is 3.52. The number of rotatable bonds is 5. The topological polar surface area (TPSA) is 56.5 Å². The van der Waals surface area contributed by atoms with E-state index in [9.17, 15) is 0 Å². The van der Waals surface area contributed by atoms with Crippen LogP contribution >= 0.6 is 11.6 Å². The second-order valence-electron chi connectivity index (χ2n) is 4.61. The molecule has 0 spiro atoms. The molecule has 0 radical (unpaired) electrons. The lowest BCUT2D eigenvalue weighted by Gasteiger charge is -2.15. The van der Waals surface area contributed by atoms with Crippen molar-refractivity contribution in [2.75, 3.05) is 24.8 Å². The van der Waals surface area contributed by atoms with Gasteiger partial charge in [-0.15, -0.1) is 0 Å². The van der Waals surface area contributed by atoms with Gasteiger partial charge in [-0.2, -0.15) is 0 Å². The highest BCUT2D eigenvalue weighted by molar-refractivity contribution is 6.31. The molecule has 21 heavy (non-hydrogen) atoms. The van der Waals surface area contributed by atoms with Crippen molar-refractivity contribution in [3.8, 4) is 11.5 Å². The predicted octanol–water partition coefficient (Wildman–Crippen LogP) is 4.38. The van der Waals surface area contributed by atoms with Crippen LogP contribution in [-0.2, 0) is 0 Å². The molecule has 0 fully saturated rings. The molecule has 0 atom stereocenters. The molecule has 0 aromatic heterocycles. The second kappa shape index (κ2) is 6.59. The third-order valence-electron chi connectivity index (χ3n) is 3.07. The minimum atomic E-state index is 0.566. The number of nitrogen functional groups attached to an aromatic ring is 1. The Hall–Kier alpha value is -2.07. The van der Waals surface area contributed by atoms with E-state index in [2.05, 4.69) is 5.32 Å². The highest BCUT2D eigenvalue weighted by Crippen LogP contribution is 2.34. The summed E-state index contributed by atoms with van der Waals surface area (Å²) in [5, 5.41) is 3.97. The van der Waals surface area contributed by atoms with Crippen LogP contribution in [-0.4, -0.2) is 13.7 Å². The molecule has 4 nitrogen and oxygen atoms in total. The molecule has 0 aliphatic rings. The van der Waals surface area contributed by atoms with E-state index in [-0.39, 0.29) is 0 Å². The molecule has 0 saturated heterocycles. The highest BCUT2D eigenvalue weighted by Gasteiger charge is 2.09. The minimum Gasteiger partial charge on any atom is -0.495 e. The zero-order chi connectivity index (χ0) is 15.4. The summed E-state index contributed by atoms with van der Waals surface area (Å²) in [6.07, 6.45) is 0. The number of ether oxygens (including phenoxy) is 2. The maximum atomic E-state index is 6.11. The van der Waals surface area contributed by atoms with E-state index in [0.29, 0.717) is 28.8 Å². The predicted molar refractivity (Wildman–Crippen MR) is 88.0 cm³/mol. The van der Waals surface area contributed by atoms with E-state index in [1.54, 1.807) is 13.2 Å². The number of benzene rings is 2. The van der Waals surface area contributed by atoms with E-state index >= 15 is 0 Å². The molecule has 0 unspecified atom stereocenters. The Morgan fingerprint density at radius 3 is 2.62 bits per heavy atom. The molecular formula is C16H19ClN2O2. The van der Waals surface area contributed by atoms with Gasteiger partial charge in [-0.3, -0.25) is 0 Å². The zero-order valence-corrected chi connectivity index (χ0v) is 13.1. The van der Waals surface area contributed by atoms with Crippen LogP contribution in [0.25, 0.3) is 0 Å². The average molecular weight is 307 g/mol. The molecule has 0 aliphatic carbocycles. The van der Waals surface area contributed by atoms with Gasteiger partial charge in [0.2, 0.25) is 0 Å². The molecule has 112 valence electrons. The molecule has 5 heteroatoms. The molecule has 0 bridgehead atoms. The van der Waals surface area contributed by atoms with E-state index in [0.717, 1.165) is 16.9 Å². The van der Waals surface area contributed by atoms with Crippen molar-refractivity contribution < 1.29 is 9.47 Å². The number of anilines is 3. The van der Waals surface area contributed by atoms with Crippen LogP contribution in [0.3, 0.4) is 0 Å². The van der Waals surface area contributed by atoms with Crippen molar-refractivity contribution in [2.24, 2.45) is 0 Å². The SMILES string of the molecule is CCOc1cc(Nc2cc(C)c(Cl)cc2OC)ccc1N. The quantitative estimate of drug-likeness (QED) is 0.805. The van der Waals surface area contributed by atoms with Gasteiger partial charge >= 0.3 is 0 Å². The number of hydrogen-bond donors (Lipinski definition) is 2. The highest BCUT2D eigenvalue weighted by atomic mass is 35.5. The fourth-order valence-electron chi connectivity index (χ4n) is 1.98. The fourth-order valence-corrected chi connectivity index (χ4v) is 2.13. The standard InChI is InChI=1S/C16H19ClN2O2/c1-4-21-15-8-11(5-6-13(15)18)19-14-7-10(2)12(17)9-16(14)20-3/h5-9,19H,4,18H2,1-3H3. The molecule has 2 aromatic rings. The lowest BCUT2D eigenvalue weighted by Crippen LogP contribution is -1.99. The molecule has 0 saturated carbocycles. The van der Waals surface area contributed by atoms with Crippen molar-refractivity contribution in [3.63, 3.8) is 0 Å². The van der Waals surface area contributed by atoms with Crippen molar-refractivity contribution in [1.29, 1.82) is 0 Å². The van der Waals surface area contributed by atoms with Crippen LogP contribution in [0.4, 0.5) is 17.1 Å². The Morgan fingerprint density at radius 1 is 1.19 bits per heavy atom. The Morgan fingerprint density at radius 2 is 1.95 bits per heavy atom. The summed E-state index contributed by atoms with van der Waals surface area (Å²) in [6.45, 7) is 4.43. The summed E-state index contributed by atoms with van der Waals surface area (Å²) in [5.74, 6) is 1.34. The monoisotopic (exact) mass is 306 g/mol. The summed E-state index contributed by atoms with van der Waals surface area (Å²) in [7, 11) is 1.61. The van der Waals surface area contributed by atoms with E-state index < -0.39 is 0 Å². The molecule has 2 rings (SSSR count). The maximum absolute atomic E-state index is 6.11. The van der Waals surface area contributed by atoms with E-state index in [4.69, 9.17) is 26.8 Å². The zero-order valence-electron chi connectivity index (χ0n) is 12.4. The summed E-state index contributed by atoms with van der Waals surface area (Å²) in [4.78, 5) is 0. The molecule has 0 heterocycles. The summed E-state index contributed by atoms with van der Waals surface area (Å²) in [6, 6.07) is 9.30. The average Bonchev–Trinajstić information content (AvgIpc) is 2.46.